The maximum Gasteiger partial charge on any atom is 0.309 e. The van der Waals surface area contributed by atoms with Gasteiger partial charge in [-0.2, -0.15) is 4.98 Å². The number of carbonyl (C=O) groups excluding carboxylic acids is 1. The summed E-state index contributed by atoms with van der Waals surface area (Å²) in [4.78, 5) is 31.4. The van der Waals surface area contributed by atoms with Crippen molar-refractivity contribution in [3.63, 3.8) is 0 Å². The van der Waals surface area contributed by atoms with Crippen molar-refractivity contribution in [1.29, 1.82) is 0 Å². The first-order valence-corrected chi connectivity index (χ1v) is 14.2. The molecule has 2 aliphatic heterocycles. The van der Waals surface area contributed by atoms with Gasteiger partial charge in [-0.05, 0) is 43.4 Å². The van der Waals surface area contributed by atoms with Gasteiger partial charge in [-0.25, -0.2) is 27.8 Å². The number of piperidine rings is 1. The van der Waals surface area contributed by atoms with Crippen LogP contribution in [0.3, 0.4) is 0 Å². The molecule has 3 aromatic rings. The third-order valence-corrected chi connectivity index (χ3v) is 8.78. The molecule has 0 saturated carbocycles. The Morgan fingerprint density at radius 3 is 2.63 bits per heavy atom. The van der Waals surface area contributed by atoms with E-state index in [1.807, 2.05) is 4.90 Å². The van der Waals surface area contributed by atoms with Gasteiger partial charge >= 0.3 is 5.97 Å². The lowest BCUT2D eigenvalue weighted by atomic mass is 9.96. The predicted octanol–water partition coefficient (Wildman–Crippen LogP) is 3.62. The molecule has 0 bridgehead atoms. The number of carbonyl (C=O) groups is 1. The molecule has 0 spiro atoms. The minimum atomic E-state index is -3.65. The number of hydrogen-bond donors (Lipinski definition) is 1. The number of fused-ring (bicyclic) bond motifs is 1. The number of nitrogens with one attached hydrogen (secondary N) is 1. The number of rotatable bonds is 6. The SMILES string of the molecule is COC(=O)Cc1ccc(Nc2nc(N3CCC(c4ncc(Cl)cn4)CC3)nc3c2S(=O)(=O)CCC3)c(F)c1. The van der Waals surface area contributed by atoms with E-state index in [1.54, 1.807) is 18.5 Å². The molecule has 10 nitrogen and oxygen atoms in total. The van der Waals surface area contributed by atoms with Gasteiger partial charge in [0.1, 0.15) is 16.5 Å². The first-order chi connectivity index (χ1) is 18.2. The Bertz CT molecular complexity index is 1460. The van der Waals surface area contributed by atoms with Crippen LogP contribution in [0.5, 0.6) is 0 Å². The van der Waals surface area contributed by atoms with E-state index in [2.05, 4.69) is 30.0 Å². The van der Waals surface area contributed by atoms with E-state index >= 15 is 0 Å². The van der Waals surface area contributed by atoms with Crippen LogP contribution in [0, 0.1) is 5.82 Å². The van der Waals surface area contributed by atoms with Crippen LogP contribution < -0.4 is 10.2 Å². The van der Waals surface area contributed by atoms with Gasteiger partial charge in [0.15, 0.2) is 15.7 Å². The van der Waals surface area contributed by atoms with E-state index in [4.69, 9.17) is 11.6 Å². The third-order valence-electron chi connectivity index (χ3n) is 6.71. The summed E-state index contributed by atoms with van der Waals surface area (Å²) < 4.78 is 45.6. The van der Waals surface area contributed by atoms with Crippen molar-refractivity contribution in [3.05, 3.63) is 58.5 Å². The molecule has 38 heavy (non-hydrogen) atoms. The fourth-order valence-electron chi connectivity index (χ4n) is 4.75. The number of sulfone groups is 1. The summed E-state index contributed by atoms with van der Waals surface area (Å²) in [6.45, 7) is 1.25. The topological polar surface area (TPSA) is 127 Å². The van der Waals surface area contributed by atoms with Crippen molar-refractivity contribution >= 4 is 44.9 Å². The quantitative estimate of drug-likeness (QED) is 0.446. The van der Waals surface area contributed by atoms with E-state index in [9.17, 15) is 17.6 Å². The van der Waals surface area contributed by atoms with Gasteiger partial charge in [-0.3, -0.25) is 4.79 Å². The van der Waals surface area contributed by atoms with Gasteiger partial charge in [0.2, 0.25) is 5.95 Å². The van der Waals surface area contributed by atoms with E-state index in [0.717, 1.165) is 18.7 Å². The minimum absolute atomic E-state index is 0.00925. The second-order valence-corrected chi connectivity index (χ2v) is 11.8. The summed E-state index contributed by atoms with van der Waals surface area (Å²) in [6, 6.07) is 4.25. The van der Waals surface area contributed by atoms with Crippen molar-refractivity contribution in [1.82, 2.24) is 19.9 Å². The molecule has 0 atom stereocenters. The number of halogens is 2. The van der Waals surface area contributed by atoms with Gasteiger partial charge in [0, 0.05) is 31.4 Å². The predicted molar refractivity (Wildman–Crippen MR) is 139 cm³/mol. The summed E-state index contributed by atoms with van der Waals surface area (Å²) in [7, 11) is -2.38. The lowest BCUT2D eigenvalue weighted by molar-refractivity contribution is -0.139. The zero-order valence-corrected chi connectivity index (χ0v) is 22.2. The number of aryl methyl sites for hydroxylation is 1. The molecule has 1 fully saturated rings. The van der Waals surface area contributed by atoms with E-state index in [1.165, 1.54) is 19.2 Å². The number of methoxy groups -OCH3 is 1. The zero-order valence-electron chi connectivity index (χ0n) is 20.7. The number of esters is 1. The molecule has 200 valence electrons. The fourth-order valence-corrected chi connectivity index (χ4v) is 6.47. The van der Waals surface area contributed by atoms with Crippen LogP contribution in [0.25, 0.3) is 0 Å². The number of ether oxygens (including phenoxy) is 1. The third kappa shape index (κ3) is 5.56. The van der Waals surface area contributed by atoms with Gasteiger partial charge in [0.25, 0.3) is 0 Å². The van der Waals surface area contributed by atoms with Crippen LogP contribution in [0.4, 0.5) is 21.8 Å². The van der Waals surface area contributed by atoms with E-state index < -0.39 is 21.6 Å². The van der Waals surface area contributed by atoms with E-state index in [0.29, 0.717) is 48.2 Å². The largest absolute Gasteiger partial charge is 0.469 e. The molecule has 5 rings (SSSR count). The van der Waals surface area contributed by atoms with Gasteiger partial charge in [-0.1, -0.05) is 17.7 Å². The van der Waals surface area contributed by atoms with Crippen molar-refractivity contribution in [2.75, 3.05) is 36.2 Å². The summed E-state index contributed by atoms with van der Waals surface area (Å²) in [6.07, 6.45) is 5.56. The number of aromatic nitrogens is 4. The zero-order chi connectivity index (χ0) is 26.9. The summed E-state index contributed by atoms with van der Waals surface area (Å²) in [5.74, 6) is 0.185. The molecule has 1 N–H and O–H groups in total. The van der Waals surface area contributed by atoms with Gasteiger partial charge in [-0.15, -0.1) is 0 Å². The number of nitrogens with zero attached hydrogens (tertiary/aromatic N) is 5. The number of benzene rings is 1. The van der Waals surface area contributed by atoms with Crippen molar-refractivity contribution in [2.24, 2.45) is 0 Å². The Labute approximate surface area is 224 Å². The average molecular weight is 561 g/mol. The highest BCUT2D eigenvalue weighted by Crippen LogP contribution is 2.35. The molecule has 2 aromatic heterocycles. The molecular formula is C25H26ClFN6O4S. The molecule has 13 heteroatoms. The Hall–Kier alpha value is -3.38. The highest BCUT2D eigenvalue weighted by molar-refractivity contribution is 7.91. The monoisotopic (exact) mass is 560 g/mol. The van der Waals surface area contributed by atoms with Crippen molar-refractivity contribution in [3.8, 4) is 0 Å². The van der Waals surface area contributed by atoms with Crippen LogP contribution in [-0.2, 0) is 32.2 Å². The average Bonchev–Trinajstić information content (AvgIpc) is 2.90. The van der Waals surface area contributed by atoms with E-state index in [-0.39, 0.29) is 34.5 Å². The first-order valence-electron chi connectivity index (χ1n) is 12.2. The molecule has 4 heterocycles. The highest BCUT2D eigenvalue weighted by atomic mass is 35.5. The Morgan fingerprint density at radius 1 is 1.21 bits per heavy atom. The minimum Gasteiger partial charge on any atom is -0.469 e. The smallest absolute Gasteiger partial charge is 0.309 e. The first kappa shape index (κ1) is 26.2. The maximum atomic E-state index is 15.0. The molecule has 0 unspecified atom stereocenters. The van der Waals surface area contributed by atoms with Crippen LogP contribution >= 0.6 is 11.6 Å². The lowest BCUT2D eigenvalue weighted by Crippen LogP contribution is -2.35. The number of anilines is 3. The molecular weight excluding hydrogens is 535 g/mol. The Balaban J connectivity index is 1.42. The van der Waals surface area contributed by atoms with Crippen LogP contribution in [0.2, 0.25) is 5.02 Å². The summed E-state index contributed by atoms with van der Waals surface area (Å²) in [5, 5.41) is 3.37. The normalized spacial score (nSPS) is 17.1. The standard InChI is InChI=1S/C25H26ClFN6O4S/c1-37-21(34)12-15-4-5-19(18(27)11-15)30-24-22-20(3-2-10-38(22,35)36)31-25(32-24)33-8-6-16(7-9-33)23-28-13-17(26)14-29-23/h4-5,11,13-14,16H,2-3,6-10,12H2,1H3,(H,30,31,32). The molecule has 2 aliphatic rings. The maximum absolute atomic E-state index is 15.0. The van der Waals surface area contributed by atoms with Crippen molar-refractivity contribution in [2.45, 2.75) is 42.9 Å². The molecule has 1 saturated heterocycles. The second kappa shape index (κ2) is 10.8. The summed E-state index contributed by atoms with van der Waals surface area (Å²) >= 11 is 5.91. The highest BCUT2D eigenvalue weighted by Gasteiger charge is 2.32. The van der Waals surface area contributed by atoms with Crippen LogP contribution in [-0.4, -0.2) is 60.3 Å². The molecule has 0 radical (unpaired) electrons. The summed E-state index contributed by atoms with van der Waals surface area (Å²) in [5.41, 5.74) is 0.907. The van der Waals surface area contributed by atoms with Gasteiger partial charge < -0.3 is 15.0 Å². The number of hydrogen-bond acceptors (Lipinski definition) is 10. The Kier molecular flexibility index (Phi) is 7.44. The lowest BCUT2D eigenvalue weighted by Gasteiger charge is -2.32. The van der Waals surface area contributed by atoms with Crippen molar-refractivity contribution < 1.29 is 22.3 Å². The molecule has 1 aromatic carbocycles. The molecule has 0 amide bonds. The Morgan fingerprint density at radius 2 is 1.95 bits per heavy atom. The fraction of sp³-hybridized carbons (Fsp3) is 0.400. The van der Waals surface area contributed by atoms with Crippen LogP contribution in [0.15, 0.2) is 35.5 Å². The van der Waals surface area contributed by atoms with Gasteiger partial charge in [0.05, 0.1) is 35.7 Å². The second-order valence-electron chi connectivity index (χ2n) is 9.28. The molecule has 0 aliphatic carbocycles. The van der Waals surface area contributed by atoms with Crippen LogP contribution in [0.1, 0.15) is 42.3 Å².